The van der Waals surface area contributed by atoms with Crippen LogP contribution in [0.5, 0.6) is 0 Å². The highest BCUT2D eigenvalue weighted by Gasteiger charge is 2.28. The zero-order valence-corrected chi connectivity index (χ0v) is 14.6. The zero-order chi connectivity index (χ0) is 15.6. The second-order valence-electron chi connectivity index (χ2n) is 5.30. The molecule has 0 amide bonds. The number of halogens is 1. The molecule has 0 spiro atoms. The van der Waals surface area contributed by atoms with E-state index < -0.39 is 10.0 Å². The molecule has 1 saturated heterocycles. The monoisotopic (exact) mass is 377 g/mol. The van der Waals surface area contributed by atoms with E-state index in [1.807, 2.05) is 6.92 Å². The molecule has 1 aliphatic heterocycles. The summed E-state index contributed by atoms with van der Waals surface area (Å²) in [5.74, 6) is 0. The van der Waals surface area contributed by atoms with Crippen molar-refractivity contribution in [1.29, 1.82) is 0 Å². The summed E-state index contributed by atoms with van der Waals surface area (Å²) in [5.41, 5.74) is 1.37. The summed E-state index contributed by atoms with van der Waals surface area (Å²) in [4.78, 5) is 0.187. The first-order valence-electron chi connectivity index (χ1n) is 6.84. The fourth-order valence-corrected chi connectivity index (χ4v) is 4.66. The van der Waals surface area contributed by atoms with Crippen LogP contribution in [0.2, 0.25) is 0 Å². The largest absolute Gasteiger partial charge is 0.392 e. The van der Waals surface area contributed by atoms with Gasteiger partial charge in [0.25, 0.3) is 0 Å². The smallest absolute Gasteiger partial charge is 0.244 e. The molecule has 1 aliphatic rings. The van der Waals surface area contributed by atoms with Crippen molar-refractivity contribution < 1.29 is 18.3 Å². The van der Waals surface area contributed by atoms with Crippen molar-refractivity contribution in [3.05, 3.63) is 27.7 Å². The SMILES string of the molecule is Cc1cc(CO)cc(S(=O)(=O)N(C)CC2CCCO2)c1Br. The van der Waals surface area contributed by atoms with Crippen LogP contribution in [0.15, 0.2) is 21.5 Å². The highest BCUT2D eigenvalue weighted by Crippen LogP contribution is 2.30. The highest BCUT2D eigenvalue weighted by atomic mass is 79.9. The maximum Gasteiger partial charge on any atom is 0.244 e. The van der Waals surface area contributed by atoms with Gasteiger partial charge < -0.3 is 9.84 Å². The van der Waals surface area contributed by atoms with Gasteiger partial charge in [-0.1, -0.05) is 6.07 Å². The molecule has 0 radical (unpaired) electrons. The Morgan fingerprint density at radius 1 is 1.48 bits per heavy atom. The summed E-state index contributed by atoms with van der Waals surface area (Å²) in [6, 6.07) is 3.28. The van der Waals surface area contributed by atoms with Crippen LogP contribution >= 0.6 is 15.9 Å². The van der Waals surface area contributed by atoms with Crippen LogP contribution in [-0.2, 0) is 21.4 Å². The molecule has 21 heavy (non-hydrogen) atoms. The van der Waals surface area contributed by atoms with E-state index in [0.29, 0.717) is 23.2 Å². The van der Waals surface area contributed by atoms with Gasteiger partial charge in [-0.2, -0.15) is 4.31 Å². The van der Waals surface area contributed by atoms with Gasteiger partial charge in [-0.25, -0.2) is 8.42 Å². The van der Waals surface area contributed by atoms with E-state index in [1.54, 1.807) is 13.1 Å². The third-order valence-electron chi connectivity index (χ3n) is 3.64. The van der Waals surface area contributed by atoms with Gasteiger partial charge in [0.05, 0.1) is 17.6 Å². The first-order chi connectivity index (χ1) is 9.86. The quantitative estimate of drug-likeness (QED) is 0.852. The number of aryl methyl sites for hydroxylation is 1. The molecular formula is C14H20BrNO4S. The number of ether oxygens (including phenoxy) is 1. The lowest BCUT2D eigenvalue weighted by Gasteiger charge is -2.22. The molecule has 1 N–H and O–H groups in total. The average molecular weight is 378 g/mol. The number of sulfonamides is 1. The third-order valence-corrected chi connectivity index (χ3v) is 6.80. The van der Waals surface area contributed by atoms with Gasteiger partial charge in [-0.15, -0.1) is 0 Å². The van der Waals surface area contributed by atoms with Gasteiger partial charge in [-0.3, -0.25) is 0 Å². The maximum absolute atomic E-state index is 12.7. The van der Waals surface area contributed by atoms with Crippen LogP contribution in [0.25, 0.3) is 0 Å². The topological polar surface area (TPSA) is 66.8 Å². The van der Waals surface area contributed by atoms with Gasteiger partial charge in [0.15, 0.2) is 0 Å². The molecular weight excluding hydrogens is 358 g/mol. The molecule has 0 aliphatic carbocycles. The summed E-state index contributed by atoms with van der Waals surface area (Å²) >= 11 is 3.34. The van der Waals surface area contributed by atoms with Crippen LogP contribution in [-0.4, -0.2) is 44.1 Å². The van der Waals surface area contributed by atoms with Crippen LogP contribution in [0.1, 0.15) is 24.0 Å². The van der Waals surface area contributed by atoms with Gasteiger partial charge in [0.1, 0.15) is 0 Å². The summed E-state index contributed by atoms with van der Waals surface area (Å²) < 4.78 is 32.8. The standard InChI is InChI=1S/C14H20BrNO4S/c1-10-6-11(9-17)7-13(14(10)15)21(18,19)16(2)8-12-4-3-5-20-12/h6-7,12,17H,3-5,8-9H2,1-2H3. The van der Waals surface area contributed by atoms with Gasteiger partial charge in [0, 0.05) is 24.7 Å². The minimum absolute atomic E-state index is 0.0364. The van der Waals surface area contributed by atoms with Crippen LogP contribution < -0.4 is 0 Å². The van der Waals surface area contributed by atoms with E-state index in [9.17, 15) is 13.5 Å². The minimum atomic E-state index is -3.62. The molecule has 1 unspecified atom stereocenters. The van der Waals surface area contributed by atoms with Gasteiger partial charge in [0.2, 0.25) is 10.0 Å². The molecule has 0 saturated carbocycles. The Labute approximate surface area is 134 Å². The molecule has 0 aromatic heterocycles. The molecule has 1 aromatic carbocycles. The highest BCUT2D eigenvalue weighted by molar-refractivity contribution is 9.10. The number of benzene rings is 1. The number of aliphatic hydroxyl groups is 1. The van der Waals surface area contributed by atoms with Crippen molar-refractivity contribution in [2.45, 2.75) is 37.4 Å². The van der Waals surface area contributed by atoms with E-state index >= 15 is 0 Å². The number of hydrogen-bond acceptors (Lipinski definition) is 4. The summed E-state index contributed by atoms with van der Waals surface area (Å²) in [6.45, 7) is 2.66. The van der Waals surface area contributed by atoms with Crippen molar-refractivity contribution in [2.24, 2.45) is 0 Å². The van der Waals surface area contributed by atoms with Crippen molar-refractivity contribution >= 4 is 26.0 Å². The fourth-order valence-electron chi connectivity index (χ4n) is 2.43. The van der Waals surface area contributed by atoms with E-state index in [4.69, 9.17) is 4.74 Å². The zero-order valence-electron chi connectivity index (χ0n) is 12.2. The maximum atomic E-state index is 12.7. The summed E-state index contributed by atoms with van der Waals surface area (Å²) in [6.07, 6.45) is 1.82. The number of rotatable bonds is 5. The number of aliphatic hydroxyl groups excluding tert-OH is 1. The number of hydrogen-bond donors (Lipinski definition) is 1. The van der Waals surface area contributed by atoms with Crippen molar-refractivity contribution in [3.8, 4) is 0 Å². The number of nitrogens with zero attached hydrogens (tertiary/aromatic N) is 1. The van der Waals surface area contributed by atoms with Crippen molar-refractivity contribution in [3.63, 3.8) is 0 Å². The molecule has 1 aromatic rings. The Morgan fingerprint density at radius 2 is 2.19 bits per heavy atom. The fraction of sp³-hybridized carbons (Fsp3) is 0.571. The first kappa shape index (κ1) is 16.9. The summed E-state index contributed by atoms with van der Waals surface area (Å²) in [7, 11) is -2.06. The first-order valence-corrected chi connectivity index (χ1v) is 9.07. The Bertz CT molecular complexity index is 612. The Morgan fingerprint density at radius 3 is 2.76 bits per heavy atom. The lowest BCUT2D eigenvalue weighted by Crippen LogP contribution is -2.34. The number of likely N-dealkylation sites (N-methyl/N-ethyl adjacent to an activating group) is 1. The second-order valence-corrected chi connectivity index (χ2v) is 8.11. The molecule has 0 bridgehead atoms. The molecule has 2 rings (SSSR count). The van der Waals surface area contributed by atoms with Gasteiger partial charge >= 0.3 is 0 Å². The van der Waals surface area contributed by atoms with E-state index in [-0.39, 0.29) is 17.6 Å². The van der Waals surface area contributed by atoms with Crippen LogP contribution in [0.3, 0.4) is 0 Å². The third kappa shape index (κ3) is 3.65. The second kappa shape index (κ2) is 6.75. The lowest BCUT2D eigenvalue weighted by molar-refractivity contribution is 0.0979. The summed E-state index contributed by atoms with van der Waals surface area (Å²) in [5, 5.41) is 9.27. The average Bonchev–Trinajstić information content (AvgIpc) is 2.94. The van der Waals surface area contributed by atoms with E-state index in [0.717, 1.165) is 18.4 Å². The van der Waals surface area contributed by atoms with Crippen LogP contribution in [0, 0.1) is 6.92 Å². The Hall–Kier alpha value is -0.470. The molecule has 118 valence electrons. The lowest BCUT2D eigenvalue weighted by atomic mass is 10.1. The van der Waals surface area contributed by atoms with Crippen molar-refractivity contribution in [2.75, 3.05) is 20.2 Å². The molecule has 1 heterocycles. The Kier molecular flexibility index (Phi) is 5.43. The predicted octanol–water partition coefficient (Wildman–Crippen LogP) is 2.05. The van der Waals surface area contributed by atoms with E-state index in [2.05, 4.69) is 15.9 Å². The molecule has 5 nitrogen and oxygen atoms in total. The predicted molar refractivity (Wildman–Crippen MR) is 83.6 cm³/mol. The van der Waals surface area contributed by atoms with E-state index in [1.165, 1.54) is 10.4 Å². The van der Waals surface area contributed by atoms with Crippen molar-refractivity contribution in [1.82, 2.24) is 4.31 Å². The van der Waals surface area contributed by atoms with Gasteiger partial charge in [-0.05, 0) is 52.9 Å². The normalized spacial score (nSPS) is 19.4. The minimum Gasteiger partial charge on any atom is -0.392 e. The Balaban J connectivity index is 2.31. The molecule has 1 fully saturated rings. The molecule has 7 heteroatoms. The van der Waals surface area contributed by atoms with Crippen LogP contribution in [0.4, 0.5) is 0 Å². The molecule has 1 atom stereocenters.